The normalized spacial score (nSPS) is 13.5. The van der Waals surface area contributed by atoms with Gasteiger partial charge in [0.25, 0.3) is 0 Å². The van der Waals surface area contributed by atoms with E-state index < -0.39 is 0 Å². The lowest BCUT2D eigenvalue weighted by molar-refractivity contribution is -0.0364. The van der Waals surface area contributed by atoms with Gasteiger partial charge in [0.1, 0.15) is 11.5 Å². The summed E-state index contributed by atoms with van der Waals surface area (Å²) in [6.45, 7) is 4.78. The number of benzene rings is 4. The number of phenols is 1. The molecule has 6 nitrogen and oxygen atoms in total. The Morgan fingerprint density at radius 3 is 1.33 bits per heavy atom. The van der Waals surface area contributed by atoms with Gasteiger partial charge in [-0.3, -0.25) is 0 Å². The summed E-state index contributed by atoms with van der Waals surface area (Å²) in [6.07, 6.45) is 13.2. The number of halogens is 1. The fourth-order valence-electron chi connectivity index (χ4n) is 5.73. The summed E-state index contributed by atoms with van der Waals surface area (Å²) in [7, 11) is 0. The van der Waals surface area contributed by atoms with Gasteiger partial charge in [0.15, 0.2) is 0 Å². The van der Waals surface area contributed by atoms with Gasteiger partial charge in [0.2, 0.25) is 0 Å². The fraction of sp³-hybridized carbons (Fsp3) is 0.409. The topological polar surface area (TPSA) is 95.5 Å². The van der Waals surface area contributed by atoms with Gasteiger partial charge in [-0.15, -0.1) is 0 Å². The van der Waals surface area contributed by atoms with Crippen LogP contribution in [0.15, 0.2) is 97.1 Å². The van der Waals surface area contributed by atoms with E-state index in [4.69, 9.17) is 29.8 Å². The molecule has 2 aliphatic heterocycles. The van der Waals surface area contributed by atoms with Crippen LogP contribution in [0.25, 0.3) is 22.3 Å². The highest BCUT2D eigenvalue weighted by atomic mass is 79.9. The first-order valence-corrected chi connectivity index (χ1v) is 19.4. The van der Waals surface area contributed by atoms with Crippen molar-refractivity contribution in [1.29, 1.82) is 10.5 Å². The number of rotatable bonds is 16. The Morgan fingerprint density at radius 2 is 0.941 bits per heavy atom. The molecule has 2 heterocycles. The highest BCUT2D eigenvalue weighted by Gasteiger charge is 2.17. The Hall–Kier alpha value is -4.14. The largest absolute Gasteiger partial charge is 0.508 e. The van der Waals surface area contributed by atoms with E-state index in [0.717, 1.165) is 79.3 Å². The maximum atomic E-state index is 9.14. The minimum Gasteiger partial charge on any atom is -0.508 e. The molecule has 4 aromatic rings. The van der Waals surface area contributed by atoms with Crippen molar-refractivity contribution < 1.29 is 19.3 Å². The van der Waals surface area contributed by atoms with Crippen molar-refractivity contribution >= 4 is 15.9 Å². The Morgan fingerprint density at radius 1 is 0.549 bits per heavy atom. The third-order valence-corrected chi connectivity index (χ3v) is 9.66. The van der Waals surface area contributed by atoms with Crippen molar-refractivity contribution in [1.82, 2.24) is 0 Å². The summed E-state index contributed by atoms with van der Waals surface area (Å²) in [6, 6.07) is 34.4. The number of ether oxygens (including phenoxy) is 3. The SMILES string of the molecule is BrCCCCCCC1COC1.N#Cc1ccc(-c2ccc(O)cc2)cc1.N#Cc1ccc(-c2ccc(OCCCCCCC3COC3)cc2)cc1. The Labute approximate surface area is 313 Å². The van der Waals surface area contributed by atoms with Crippen molar-refractivity contribution in [2.45, 2.75) is 64.2 Å². The van der Waals surface area contributed by atoms with Crippen LogP contribution in [0.5, 0.6) is 11.5 Å². The highest BCUT2D eigenvalue weighted by molar-refractivity contribution is 9.09. The highest BCUT2D eigenvalue weighted by Crippen LogP contribution is 2.24. The molecule has 0 aromatic heterocycles. The summed E-state index contributed by atoms with van der Waals surface area (Å²) < 4.78 is 16.1. The van der Waals surface area contributed by atoms with E-state index in [-0.39, 0.29) is 5.75 Å². The van der Waals surface area contributed by atoms with Crippen molar-refractivity contribution in [3.8, 4) is 45.9 Å². The average molecular weight is 752 g/mol. The molecule has 2 saturated heterocycles. The van der Waals surface area contributed by atoms with Gasteiger partial charge in [0, 0.05) is 17.2 Å². The number of hydrogen-bond donors (Lipinski definition) is 1. The van der Waals surface area contributed by atoms with Gasteiger partial charge in [-0.2, -0.15) is 10.5 Å². The molecule has 4 aromatic carbocycles. The van der Waals surface area contributed by atoms with Gasteiger partial charge < -0.3 is 19.3 Å². The second-order valence-electron chi connectivity index (χ2n) is 13.2. The smallest absolute Gasteiger partial charge is 0.119 e. The van der Waals surface area contributed by atoms with E-state index in [0.29, 0.717) is 11.1 Å². The first kappa shape index (κ1) is 39.6. The van der Waals surface area contributed by atoms with Gasteiger partial charge >= 0.3 is 0 Å². The Kier molecular flexibility index (Phi) is 18.2. The number of unbranched alkanes of at least 4 members (excludes halogenated alkanes) is 6. The predicted molar refractivity (Wildman–Crippen MR) is 209 cm³/mol. The van der Waals surface area contributed by atoms with Crippen LogP contribution < -0.4 is 4.74 Å². The molecule has 0 atom stereocenters. The lowest BCUT2D eigenvalue weighted by Crippen LogP contribution is -2.27. The average Bonchev–Trinajstić information content (AvgIpc) is 3.14. The van der Waals surface area contributed by atoms with Crippen LogP contribution in [0, 0.1) is 34.5 Å². The molecule has 7 heteroatoms. The molecule has 2 aliphatic rings. The molecule has 6 rings (SSSR count). The van der Waals surface area contributed by atoms with Crippen molar-refractivity contribution in [3.05, 3.63) is 108 Å². The van der Waals surface area contributed by atoms with Crippen LogP contribution in [-0.2, 0) is 9.47 Å². The summed E-state index contributed by atoms with van der Waals surface area (Å²) in [4.78, 5) is 0. The lowest BCUT2D eigenvalue weighted by atomic mass is 9.99. The van der Waals surface area contributed by atoms with Gasteiger partial charge in [0.05, 0.1) is 56.3 Å². The minimum absolute atomic E-state index is 0.257. The molecule has 268 valence electrons. The summed E-state index contributed by atoms with van der Waals surface area (Å²) in [5.74, 6) is 2.90. The van der Waals surface area contributed by atoms with Crippen LogP contribution >= 0.6 is 15.9 Å². The molecule has 2 fully saturated rings. The number of nitriles is 2. The van der Waals surface area contributed by atoms with Crippen LogP contribution in [0.3, 0.4) is 0 Å². The molecule has 1 N–H and O–H groups in total. The first-order valence-electron chi connectivity index (χ1n) is 18.3. The number of hydrogen-bond acceptors (Lipinski definition) is 6. The number of aromatic hydroxyl groups is 1. The van der Waals surface area contributed by atoms with Crippen LogP contribution in [0.1, 0.15) is 75.3 Å². The summed E-state index contributed by atoms with van der Waals surface area (Å²) in [5, 5.41) is 27.8. The molecule has 0 radical (unpaired) electrons. The van der Waals surface area contributed by atoms with Gasteiger partial charge in [-0.1, -0.05) is 103 Å². The number of nitrogens with zero attached hydrogens (tertiary/aromatic N) is 2. The standard InChI is InChI=1S/C22H25NO2.C13H9NO.C9H17BrO/c23-15-18-6-8-20(9-7-18)21-10-12-22(13-11-21)25-14-4-2-1-3-5-19-16-24-17-19;14-9-10-1-3-11(4-2-10)12-5-7-13(15)8-6-12;10-6-4-2-1-3-5-9-7-11-8-9/h6-13,19H,1-5,14,16-17H2;1-8,15H;9H,1-8H2. The van der Waals surface area contributed by atoms with E-state index in [9.17, 15) is 0 Å². The van der Waals surface area contributed by atoms with Gasteiger partial charge in [-0.25, -0.2) is 0 Å². The van der Waals surface area contributed by atoms with Crippen molar-refractivity contribution in [3.63, 3.8) is 0 Å². The molecular weight excluding hydrogens is 700 g/mol. The van der Waals surface area contributed by atoms with E-state index in [1.807, 2.05) is 60.7 Å². The predicted octanol–water partition coefficient (Wildman–Crippen LogP) is 11.1. The molecule has 0 amide bonds. The Bertz CT molecular complexity index is 1600. The lowest BCUT2D eigenvalue weighted by Gasteiger charge is -2.25. The quantitative estimate of drug-likeness (QED) is 0.0905. The van der Waals surface area contributed by atoms with Crippen molar-refractivity contribution in [2.24, 2.45) is 11.8 Å². The van der Waals surface area contributed by atoms with Crippen LogP contribution in [0.4, 0.5) is 0 Å². The second kappa shape index (κ2) is 23.4. The van der Waals surface area contributed by atoms with Crippen LogP contribution in [-0.4, -0.2) is 43.5 Å². The molecular formula is C44H51BrN2O4. The Balaban J connectivity index is 0.000000190. The minimum atomic E-state index is 0.257. The molecule has 0 aliphatic carbocycles. The third kappa shape index (κ3) is 14.9. The maximum Gasteiger partial charge on any atom is 0.119 e. The zero-order valence-corrected chi connectivity index (χ0v) is 31.2. The molecule has 0 bridgehead atoms. The zero-order valence-electron chi connectivity index (χ0n) is 29.7. The second-order valence-corrected chi connectivity index (χ2v) is 14.0. The molecule has 0 unspecified atom stereocenters. The first-order chi connectivity index (χ1) is 25.1. The van der Waals surface area contributed by atoms with Crippen molar-refractivity contribution in [2.75, 3.05) is 38.4 Å². The maximum absolute atomic E-state index is 9.14. The third-order valence-electron chi connectivity index (χ3n) is 9.10. The van der Waals surface area contributed by atoms with Crippen LogP contribution in [0.2, 0.25) is 0 Å². The van der Waals surface area contributed by atoms with E-state index in [1.165, 1.54) is 63.1 Å². The fourth-order valence-corrected chi connectivity index (χ4v) is 6.13. The van der Waals surface area contributed by atoms with Gasteiger partial charge in [-0.05, 0) is 96.5 Å². The number of phenolic OH excluding ortho intramolecular Hbond substituents is 1. The summed E-state index contributed by atoms with van der Waals surface area (Å²) in [5.41, 5.74) is 5.65. The molecule has 51 heavy (non-hydrogen) atoms. The van der Waals surface area contributed by atoms with E-state index in [2.05, 4.69) is 40.2 Å². The number of alkyl halides is 1. The summed E-state index contributed by atoms with van der Waals surface area (Å²) >= 11 is 3.44. The zero-order chi connectivity index (χ0) is 35.9. The van der Waals surface area contributed by atoms with E-state index in [1.54, 1.807) is 24.3 Å². The van der Waals surface area contributed by atoms with E-state index >= 15 is 0 Å². The monoisotopic (exact) mass is 750 g/mol. The molecule has 0 saturated carbocycles. The molecule has 0 spiro atoms.